The number of ether oxygens (including phenoxy) is 1. The first-order valence-electron chi connectivity index (χ1n) is 4.56. The Bertz CT molecular complexity index is 275. The van der Waals surface area contributed by atoms with Gasteiger partial charge in [-0.1, -0.05) is 6.92 Å². The summed E-state index contributed by atoms with van der Waals surface area (Å²) in [6, 6.07) is 1.97. The number of methoxy groups -OCH3 is 1. The highest BCUT2D eigenvalue weighted by Crippen LogP contribution is 2.30. The zero-order valence-corrected chi connectivity index (χ0v) is 10.8. The summed E-state index contributed by atoms with van der Waals surface area (Å²) in [6.07, 6.45) is 0.498. The zero-order chi connectivity index (χ0) is 10.6. The Morgan fingerprint density at radius 1 is 1.64 bits per heavy atom. The normalized spacial score (nSPS) is 15.4. The first kappa shape index (κ1) is 12.2. The average Bonchev–Trinajstić information content (AvgIpc) is 2.60. The van der Waals surface area contributed by atoms with E-state index >= 15 is 0 Å². The minimum Gasteiger partial charge on any atom is -0.388 e. The van der Waals surface area contributed by atoms with Crippen molar-refractivity contribution < 1.29 is 9.84 Å². The molecule has 4 heteroatoms. The molecule has 80 valence electrons. The second kappa shape index (κ2) is 5.85. The molecule has 0 bridgehead atoms. The van der Waals surface area contributed by atoms with Crippen LogP contribution in [0, 0.1) is 5.92 Å². The molecule has 0 aliphatic heterocycles. The van der Waals surface area contributed by atoms with E-state index in [1.54, 1.807) is 18.4 Å². The first-order chi connectivity index (χ1) is 6.65. The molecule has 2 unspecified atom stereocenters. The van der Waals surface area contributed by atoms with E-state index in [1.165, 1.54) is 0 Å². The van der Waals surface area contributed by atoms with E-state index < -0.39 is 0 Å². The Kier molecular flexibility index (Phi) is 5.09. The molecular formula is C10H15BrO2S. The zero-order valence-electron chi connectivity index (χ0n) is 8.37. The molecule has 0 aliphatic rings. The van der Waals surface area contributed by atoms with Crippen molar-refractivity contribution >= 4 is 27.3 Å². The summed E-state index contributed by atoms with van der Waals surface area (Å²) >= 11 is 4.98. The lowest BCUT2D eigenvalue weighted by Crippen LogP contribution is -2.10. The summed E-state index contributed by atoms with van der Waals surface area (Å²) in [7, 11) is 1.68. The van der Waals surface area contributed by atoms with Crippen LogP contribution < -0.4 is 0 Å². The highest BCUT2D eigenvalue weighted by atomic mass is 79.9. The van der Waals surface area contributed by atoms with Gasteiger partial charge >= 0.3 is 0 Å². The van der Waals surface area contributed by atoms with Crippen molar-refractivity contribution in [3.63, 3.8) is 0 Å². The molecule has 1 N–H and O–H groups in total. The van der Waals surface area contributed by atoms with Crippen molar-refractivity contribution in [3.8, 4) is 0 Å². The Balaban J connectivity index is 2.51. The molecule has 2 nitrogen and oxygen atoms in total. The van der Waals surface area contributed by atoms with Gasteiger partial charge in [0.1, 0.15) is 0 Å². The van der Waals surface area contributed by atoms with Crippen molar-refractivity contribution in [2.45, 2.75) is 19.4 Å². The van der Waals surface area contributed by atoms with Gasteiger partial charge in [0.15, 0.2) is 0 Å². The first-order valence-corrected chi connectivity index (χ1v) is 6.23. The van der Waals surface area contributed by atoms with E-state index in [-0.39, 0.29) is 12.0 Å². The molecule has 0 radical (unpaired) electrons. The fourth-order valence-electron chi connectivity index (χ4n) is 1.27. The third-order valence-corrected chi connectivity index (χ3v) is 3.77. The van der Waals surface area contributed by atoms with Gasteiger partial charge in [-0.15, -0.1) is 11.3 Å². The SMILES string of the molecule is COCCC(C)C(O)c1csc(Br)c1. The van der Waals surface area contributed by atoms with E-state index in [1.807, 2.05) is 18.4 Å². The van der Waals surface area contributed by atoms with Crippen LogP contribution in [0.3, 0.4) is 0 Å². The van der Waals surface area contributed by atoms with Crippen LogP contribution in [0.5, 0.6) is 0 Å². The van der Waals surface area contributed by atoms with Gasteiger partial charge in [0.25, 0.3) is 0 Å². The van der Waals surface area contributed by atoms with Gasteiger partial charge in [0.05, 0.1) is 9.89 Å². The van der Waals surface area contributed by atoms with Crippen molar-refractivity contribution in [3.05, 3.63) is 20.8 Å². The van der Waals surface area contributed by atoms with Gasteiger partial charge < -0.3 is 9.84 Å². The maximum Gasteiger partial charge on any atom is 0.0824 e. The number of halogens is 1. The summed E-state index contributed by atoms with van der Waals surface area (Å²) in [6.45, 7) is 2.73. The number of aliphatic hydroxyl groups excluding tert-OH is 1. The van der Waals surface area contributed by atoms with Crippen LogP contribution in [0.25, 0.3) is 0 Å². The minimum absolute atomic E-state index is 0.233. The van der Waals surface area contributed by atoms with Gasteiger partial charge in [0.2, 0.25) is 0 Å². The third-order valence-electron chi connectivity index (χ3n) is 2.25. The maximum absolute atomic E-state index is 9.96. The number of thiophene rings is 1. The smallest absolute Gasteiger partial charge is 0.0824 e. The predicted molar refractivity (Wildman–Crippen MR) is 62.6 cm³/mol. The van der Waals surface area contributed by atoms with Gasteiger partial charge in [-0.05, 0) is 45.3 Å². The number of aliphatic hydroxyl groups is 1. The summed E-state index contributed by atoms with van der Waals surface area (Å²) in [4.78, 5) is 0. The summed E-state index contributed by atoms with van der Waals surface area (Å²) in [5, 5.41) is 11.9. The van der Waals surface area contributed by atoms with Gasteiger partial charge in [-0.2, -0.15) is 0 Å². The lowest BCUT2D eigenvalue weighted by Gasteiger charge is -2.17. The largest absolute Gasteiger partial charge is 0.388 e. The van der Waals surface area contributed by atoms with Crippen LogP contribution >= 0.6 is 27.3 Å². The maximum atomic E-state index is 9.96. The lowest BCUT2D eigenvalue weighted by molar-refractivity contribution is 0.0889. The molecule has 0 aliphatic carbocycles. The molecule has 0 aromatic carbocycles. The van der Waals surface area contributed by atoms with Gasteiger partial charge in [-0.3, -0.25) is 0 Å². The number of rotatable bonds is 5. The lowest BCUT2D eigenvalue weighted by atomic mass is 9.97. The molecule has 0 spiro atoms. The molecule has 2 atom stereocenters. The van der Waals surface area contributed by atoms with Crippen molar-refractivity contribution in [2.75, 3.05) is 13.7 Å². The number of hydrogen-bond donors (Lipinski definition) is 1. The Hall–Kier alpha value is 0.100. The van der Waals surface area contributed by atoms with Crippen LogP contribution in [0.1, 0.15) is 25.0 Å². The van der Waals surface area contributed by atoms with Crippen molar-refractivity contribution in [2.24, 2.45) is 5.92 Å². The molecule has 0 fully saturated rings. The third kappa shape index (κ3) is 3.35. The van der Waals surface area contributed by atoms with Crippen LogP contribution in [-0.2, 0) is 4.74 Å². The number of hydrogen-bond acceptors (Lipinski definition) is 3. The van der Waals surface area contributed by atoms with Crippen LogP contribution in [0.15, 0.2) is 15.2 Å². The van der Waals surface area contributed by atoms with Crippen LogP contribution in [-0.4, -0.2) is 18.8 Å². The van der Waals surface area contributed by atoms with E-state index in [0.29, 0.717) is 6.61 Å². The van der Waals surface area contributed by atoms with Crippen LogP contribution in [0.2, 0.25) is 0 Å². The molecule has 0 saturated heterocycles. The topological polar surface area (TPSA) is 29.5 Å². The molecule has 1 aromatic rings. The molecule has 1 heterocycles. The van der Waals surface area contributed by atoms with E-state index in [2.05, 4.69) is 15.9 Å². The Morgan fingerprint density at radius 3 is 2.86 bits per heavy atom. The molecular weight excluding hydrogens is 264 g/mol. The molecule has 0 amide bonds. The molecule has 0 saturated carbocycles. The van der Waals surface area contributed by atoms with Gasteiger partial charge in [-0.25, -0.2) is 0 Å². The standard InChI is InChI=1S/C10H15BrO2S/c1-7(3-4-13-2)10(12)8-5-9(11)14-6-8/h5-7,10,12H,3-4H2,1-2H3. The summed E-state index contributed by atoms with van der Waals surface area (Å²) in [5.74, 6) is 0.233. The fraction of sp³-hybridized carbons (Fsp3) is 0.600. The Labute approximate surface area is 97.0 Å². The van der Waals surface area contributed by atoms with Crippen molar-refractivity contribution in [1.29, 1.82) is 0 Å². The van der Waals surface area contributed by atoms with Crippen molar-refractivity contribution in [1.82, 2.24) is 0 Å². The molecule has 14 heavy (non-hydrogen) atoms. The minimum atomic E-state index is -0.382. The molecule has 1 rings (SSSR count). The second-order valence-corrected chi connectivity index (χ2v) is 5.68. The molecule has 1 aromatic heterocycles. The van der Waals surface area contributed by atoms with E-state index in [4.69, 9.17) is 4.74 Å². The fourth-order valence-corrected chi connectivity index (χ4v) is 2.47. The predicted octanol–water partition coefficient (Wildman–Crippen LogP) is 3.22. The second-order valence-electron chi connectivity index (χ2n) is 3.39. The van der Waals surface area contributed by atoms with E-state index in [0.717, 1.165) is 15.8 Å². The average molecular weight is 279 g/mol. The summed E-state index contributed by atoms with van der Waals surface area (Å²) in [5.41, 5.74) is 0.991. The highest BCUT2D eigenvalue weighted by molar-refractivity contribution is 9.11. The monoisotopic (exact) mass is 278 g/mol. The van der Waals surface area contributed by atoms with Gasteiger partial charge in [0, 0.05) is 13.7 Å². The highest BCUT2D eigenvalue weighted by Gasteiger charge is 2.17. The summed E-state index contributed by atoms with van der Waals surface area (Å²) < 4.78 is 6.05. The Morgan fingerprint density at radius 2 is 2.36 bits per heavy atom. The van der Waals surface area contributed by atoms with Crippen LogP contribution in [0.4, 0.5) is 0 Å². The quantitative estimate of drug-likeness (QED) is 0.896. The van der Waals surface area contributed by atoms with E-state index in [9.17, 15) is 5.11 Å².